The Bertz CT molecular complexity index is 550. The van der Waals surface area contributed by atoms with Crippen LogP contribution in [0.3, 0.4) is 0 Å². The molecule has 0 aliphatic carbocycles. The summed E-state index contributed by atoms with van der Waals surface area (Å²) in [5.74, 6) is 1.37. The molecule has 1 aromatic carbocycles. The zero-order valence-electron chi connectivity index (χ0n) is 9.43. The van der Waals surface area contributed by atoms with Gasteiger partial charge in [-0.1, -0.05) is 6.07 Å². The summed E-state index contributed by atoms with van der Waals surface area (Å²) in [6.45, 7) is 0. The van der Waals surface area contributed by atoms with E-state index < -0.39 is 0 Å². The molecule has 0 radical (unpaired) electrons. The zero-order valence-corrected chi connectivity index (χ0v) is 10.2. The molecule has 0 bridgehead atoms. The van der Waals surface area contributed by atoms with Crippen molar-refractivity contribution in [3.8, 4) is 28.1 Å². The van der Waals surface area contributed by atoms with Gasteiger partial charge in [0.25, 0.3) is 0 Å². The smallest absolute Gasteiger partial charge is 0.152 e. The maximum absolute atomic E-state index is 8.78. The van der Waals surface area contributed by atoms with Gasteiger partial charge >= 0.3 is 0 Å². The van der Waals surface area contributed by atoms with Crippen molar-refractivity contribution in [2.45, 2.75) is 0 Å². The molecule has 0 aliphatic heterocycles. The molecule has 2 aromatic rings. The topological polar surface area (TPSA) is 55.1 Å². The van der Waals surface area contributed by atoms with Crippen molar-refractivity contribution in [2.75, 3.05) is 14.2 Å². The summed E-state index contributed by atoms with van der Waals surface area (Å²) < 4.78 is 10.6. The van der Waals surface area contributed by atoms with Crippen molar-refractivity contribution in [1.29, 1.82) is 5.26 Å². The van der Waals surface area contributed by atoms with E-state index in [1.165, 1.54) is 11.3 Å². The van der Waals surface area contributed by atoms with Gasteiger partial charge in [0.2, 0.25) is 0 Å². The molecule has 0 atom stereocenters. The van der Waals surface area contributed by atoms with E-state index in [-0.39, 0.29) is 0 Å². The van der Waals surface area contributed by atoms with Crippen LogP contribution in [0.4, 0.5) is 0 Å². The first kappa shape index (κ1) is 11.4. The van der Waals surface area contributed by atoms with Crippen LogP contribution in [0.25, 0.3) is 10.6 Å². The fourth-order valence-electron chi connectivity index (χ4n) is 1.50. The number of ether oxygens (including phenoxy) is 2. The first-order valence-corrected chi connectivity index (χ1v) is 5.75. The van der Waals surface area contributed by atoms with Gasteiger partial charge in [-0.15, -0.1) is 11.3 Å². The van der Waals surface area contributed by atoms with Crippen molar-refractivity contribution in [2.24, 2.45) is 0 Å². The Morgan fingerprint density at radius 2 is 1.88 bits per heavy atom. The van der Waals surface area contributed by atoms with Gasteiger partial charge in [0.15, 0.2) is 5.69 Å². The molecule has 0 unspecified atom stereocenters. The van der Waals surface area contributed by atoms with Crippen LogP contribution in [0, 0.1) is 11.3 Å². The van der Waals surface area contributed by atoms with Gasteiger partial charge in [-0.2, -0.15) is 5.26 Å². The molecule has 1 aromatic heterocycles. The lowest BCUT2D eigenvalue weighted by molar-refractivity contribution is 0.397. The summed E-state index contributed by atoms with van der Waals surface area (Å²) in [4.78, 5) is 4.21. The largest absolute Gasteiger partial charge is 0.496 e. The van der Waals surface area contributed by atoms with Gasteiger partial charge in [0, 0.05) is 5.38 Å². The summed E-state index contributed by atoms with van der Waals surface area (Å²) in [5.41, 5.74) is 1.18. The Labute approximate surface area is 103 Å². The third kappa shape index (κ3) is 2.08. The number of methoxy groups -OCH3 is 2. The third-order valence-corrected chi connectivity index (χ3v) is 3.12. The van der Waals surface area contributed by atoms with Crippen molar-refractivity contribution >= 4 is 11.3 Å². The zero-order chi connectivity index (χ0) is 12.3. The van der Waals surface area contributed by atoms with Crippen LogP contribution in [0.15, 0.2) is 23.6 Å². The molecule has 0 saturated carbocycles. The predicted octanol–water partition coefficient (Wildman–Crippen LogP) is 2.70. The molecule has 0 spiro atoms. The monoisotopic (exact) mass is 246 g/mol. The summed E-state index contributed by atoms with van der Waals surface area (Å²) in [5, 5.41) is 11.2. The van der Waals surface area contributed by atoms with Crippen LogP contribution >= 0.6 is 11.3 Å². The summed E-state index contributed by atoms with van der Waals surface area (Å²) >= 11 is 1.39. The number of hydrogen-bond donors (Lipinski definition) is 0. The van der Waals surface area contributed by atoms with Gasteiger partial charge in [-0.25, -0.2) is 4.98 Å². The Kier molecular flexibility index (Phi) is 3.26. The van der Waals surface area contributed by atoms with E-state index in [1.807, 2.05) is 24.3 Å². The number of benzene rings is 1. The second-order valence-corrected chi connectivity index (χ2v) is 4.05. The number of nitriles is 1. The van der Waals surface area contributed by atoms with Crippen LogP contribution in [-0.4, -0.2) is 19.2 Å². The SMILES string of the molecule is COc1cccc(OC)c1-c1nc(C#N)cs1. The van der Waals surface area contributed by atoms with Crippen molar-refractivity contribution in [1.82, 2.24) is 4.98 Å². The molecule has 0 aliphatic rings. The van der Waals surface area contributed by atoms with E-state index in [0.717, 1.165) is 10.6 Å². The average Bonchev–Trinajstić information content (AvgIpc) is 2.86. The quantitative estimate of drug-likeness (QED) is 0.835. The molecular formula is C12H10N2O2S. The van der Waals surface area contributed by atoms with E-state index in [0.29, 0.717) is 17.2 Å². The summed E-state index contributed by atoms with van der Waals surface area (Å²) in [7, 11) is 3.19. The maximum atomic E-state index is 8.78. The Balaban J connectivity index is 2.60. The Morgan fingerprint density at radius 3 is 2.35 bits per heavy atom. The predicted molar refractivity (Wildman–Crippen MR) is 65.4 cm³/mol. The molecule has 17 heavy (non-hydrogen) atoms. The minimum absolute atomic E-state index is 0.401. The van der Waals surface area contributed by atoms with Crippen LogP contribution in [0.2, 0.25) is 0 Å². The molecule has 2 rings (SSSR count). The van der Waals surface area contributed by atoms with Crippen LogP contribution in [0.1, 0.15) is 5.69 Å². The molecule has 0 N–H and O–H groups in total. The first-order valence-electron chi connectivity index (χ1n) is 4.87. The molecule has 86 valence electrons. The fraction of sp³-hybridized carbons (Fsp3) is 0.167. The minimum Gasteiger partial charge on any atom is -0.496 e. The average molecular weight is 246 g/mol. The van der Waals surface area contributed by atoms with Crippen molar-refractivity contribution in [3.63, 3.8) is 0 Å². The van der Waals surface area contributed by atoms with Crippen LogP contribution in [0.5, 0.6) is 11.5 Å². The minimum atomic E-state index is 0.401. The second-order valence-electron chi connectivity index (χ2n) is 3.19. The third-order valence-electron chi connectivity index (χ3n) is 2.26. The van der Waals surface area contributed by atoms with Crippen molar-refractivity contribution in [3.05, 3.63) is 29.3 Å². The molecule has 5 heteroatoms. The number of nitrogens with zero attached hydrogens (tertiary/aromatic N) is 2. The van der Waals surface area contributed by atoms with Gasteiger partial charge < -0.3 is 9.47 Å². The van der Waals surface area contributed by atoms with E-state index >= 15 is 0 Å². The highest BCUT2D eigenvalue weighted by Gasteiger charge is 2.15. The molecule has 0 amide bonds. The lowest BCUT2D eigenvalue weighted by Gasteiger charge is -2.10. The summed E-state index contributed by atoms with van der Waals surface area (Å²) in [6.07, 6.45) is 0. The van der Waals surface area contributed by atoms with Gasteiger partial charge in [-0.3, -0.25) is 0 Å². The van der Waals surface area contributed by atoms with Gasteiger partial charge in [0.1, 0.15) is 22.6 Å². The highest BCUT2D eigenvalue weighted by Crippen LogP contribution is 2.39. The Morgan fingerprint density at radius 1 is 1.24 bits per heavy atom. The van der Waals surface area contributed by atoms with Crippen LogP contribution in [-0.2, 0) is 0 Å². The lowest BCUT2D eigenvalue weighted by atomic mass is 10.2. The van der Waals surface area contributed by atoms with Gasteiger partial charge in [0.05, 0.1) is 19.8 Å². The Hall–Kier alpha value is -2.06. The molecular weight excluding hydrogens is 236 g/mol. The van der Waals surface area contributed by atoms with Gasteiger partial charge in [-0.05, 0) is 12.1 Å². The standard InChI is InChI=1S/C12H10N2O2S/c1-15-9-4-3-5-10(16-2)11(9)12-14-8(6-13)7-17-12/h3-5,7H,1-2H3. The lowest BCUT2D eigenvalue weighted by Crippen LogP contribution is -1.92. The molecule has 0 saturated heterocycles. The van der Waals surface area contributed by atoms with Crippen molar-refractivity contribution < 1.29 is 9.47 Å². The normalized spacial score (nSPS) is 9.71. The highest BCUT2D eigenvalue weighted by atomic mass is 32.1. The highest BCUT2D eigenvalue weighted by molar-refractivity contribution is 7.13. The number of hydrogen-bond acceptors (Lipinski definition) is 5. The first-order chi connectivity index (χ1) is 8.30. The second kappa shape index (κ2) is 4.85. The van der Waals surface area contributed by atoms with Crippen LogP contribution < -0.4 is 9.47 Å². The number of rotatable bonds is 3. The molecule has 1 heterocycles. The van der Waals surface area contributed by atoms with E-state index in [2.05, 4.69) is 4.98 Å². The number of thiazole rings is 1. The molecule has 4 nitrogen and oxygen atoms in total. The number of aromatic nitrogens is 1. The fourth-order valence-corrected chi connectivity index (χ4v) is 2.30. The van der Waals surface area contributed by atoms with E-state index in [4.69, 9.17) is 14.7 Å². The van der Waals surface area contributed by atoms with E-state index in [1.54, 1.807) is 19.6 Å². The van der Waals surface area contributed by atoms with E-state index in [9.17, 15) is 0 Å². The summed E-state index contributed by atoms with van der Waals surface area (Å²) in [6, 6.07) is 7.53. The molecule has 0 fully saturated rings. The maximum Gasteiger partial charge on any atom is 0.152 e.